The maximum Gasteiger partial charge on any atom is 0.240 e. The van der Waals surface area contributed by atoms with E-state index in [1.807, 2.05) is 0 Å². The van der Waals surface area contributed by atoms with E-state index in [0.717, 1.165) is 6.42 Å². The number of rotatable bonds is 2. The van der Waals surface area contributed by atoms with Crippen LogP contribution in [-0.2, 0) is 9.53 Å². The van der Waals surface area contributed by atoms with E-state index in [9.17, 15) is 4.79 Å². The number of nitrogens with one attached hydrogen (secondary N) is 1. The lowest BCUT2D eigenvalue weighted by Gasteiger charge is -2.33. The van der Waals surface area contributed by atoms with Gasteiger partial charge in [0.05, 0.1) is 5.54 Å². The van der Waals surface area contributed by atoms with Gasteiger partial charge in [-0.15, -0.1) is 0 Å². The molecule has 2 atom stereocenters. The predicted octanol–water partition coefficient (Wildman–Crippen LogP) is 0.799. The third-order valence-electron chi connectivity index (χ3n) is 4.02. The lowest BCUT2D eigenvalue weighted by Crippen LogP contribution is -2.59. The first kappa shape index (κ1) is 11.9. The minimum Gasteiger partial charge on any atom is -0.381 e. The van der Waals surface area contributed by atoms with Crippen LogP contribution in [-0.4, -0.2) is 30.7 Å². The van der Waals surface area contributed by atoms with Gasteiger partial charge in [0.1, 0.15) is 0 Å². The van der Waals surface area contributed by atoms with Crippen LogP contribution >= 0.6 is 0 Å². The molecule has 0 bridgehead atoms. The molecule has 0 spiro atoms. The van der Waals surface area contributed by atoms with Crippen molar-refractivity contribution in [3.05, 3.63) is 0 Å². The third-order valence-corrected chi connectivity index (χ3v) is 4.02. The average Bonchev–Trinajstić information content (AvgIpc) is 2.65. The van der Waals surface area contributed by atoms with E-state index < -0.39 is 5.54 Å². The highest BCUT2D eigenvalue weighted by Crippen LogP contribution is 2.26. The van der Waals surface area contributed by atoms with Crippen LogP contribution in [0.3, 0.4) is 0 Å². The fraction of sp³-hybridized carbons (Fsp3) is 0.917. The van der Waals surface area contributed by atoms with Crippen molar-refractivity contribution in [2.24, 2.45) is 11.7 Å². The molecule has 0 aromatic heterocycles. The SMILES string of the molecule is CC1CCCC1NC(=O)C1(N)CCOCC1. The zero-order valence-electron chi connectivity index (χ0n) is 10.00. The molecule has 1 amide bonds. The van der Waals surface area contributed by atoms with E-state index in [2.05, 4.69) is 12.2 Å². The molecular weight excluding hydrogens is 204 g/mol. The minimum atomic E-state index is -0.694. The molecule has 1 saturated heterocycles. The van der Waals surface area contributed by atoms with E-state index in [1.54, 1.807) is 0 Å². The Kier molecular flexibility index (Phi) is 3.50. The van der Waals surface area contributed by atoms with Crippen molar-refractivity contribution in [2.75, 3.05) is 13.2 Å². The maximum atomic E-state index is 12.1. The molecule has 2 aliphatic rings. The monoisotopic (exact) mass is 226 g/mol. The van der Waals surface area contributed by atoms with Crippen molar-refractivity contribution in [2.45, 2.75) is 50.6 Å². The number of carbonyl (C=O) groups excluding carboxylic acids is 1. The fourth-order valence-electron chi connectivity index (χ4n) is 2.63. The van der Waals surface area contributed by atoms with Crippen LogP contribution in [0.25, 0.3) is 0 Å². The van der Waals surface area contributed by atoms with Gasteiger partial charge in [0.15, 0.2) is 0 Å². The van der Waals surface area contributed by atoms with E-state index in [0.29, 0.717) is 38.0 Å². The van der Waals surface area contributed by atoms with Gasteiger partial charge in [0.2, 0.25) is 5.91 Å². The third kappa shape index (κ3) is 2.38. The summed E-state index contributed by atoms with van der Waals surface area (Å²) in [6, 6.07) is 0.329. The summed E-state index contributed by atoms with van der Waals surface area (Å²) < 4.78 is 5.25. The highest BCUT2D eigenvalue weighted by atomic mass is 16.5. The molecular formula is C12H22N2O2. The van der Waals surface area contributed by atoms with Crippen molar-refractivity contribution in [3.63, 3.8) is 0 Å². The second-order valence-corrected chi connectivity index (χ2v) is 5.26. The standard InChI is InChI=1S/C12H22N2O2/c1-9-3-2-4-10(9)14-11(15)12(13)5-7-16-8-6-12/h9-10H,2-8,13H2,1H3,(H,14,15). The number of hydrogen-bond acceptors (Lipinski definition) is 3. The average molecular weight is 226 g/mol. The largest absolute Gasteiger partial charge is 0.381 e. The summed E-state index contributed by atoms with van der Waals surface area (Å²) in [6.07, 6.45) is 4.80. The summed E-state index contributed by atoms with van der Waals surface area (Å²) in [4.78, 5) is 12.1. The first-order valence-corrected chi connectivity index (χ1v) is 6.29. The fourth-order valence-corrected chi connectivity index (χ4v) is 2.63. The molecule has 1 aliphatic carbocycles. The van der Waals surface area contributed by atoms with Gasteiger partial charge >= 0.3 is 0 Å². The Balaban J connectivity index is 1.91. The smallest absolute Gasteiger partial charge is 0.240 e. The molecule has 3 N–H and O–H groups in total. The van der Waals surface area contributed by atoms with Gasteiger partial charge in [-0.1, -0.05) is 13.3 Å². The first-order valence-electron chi connectivity index (χ1n) is 6.29. The molecule has 1 saturated carbocycles. The highest BCUT2D eigenvalue weighted by molar-refractivity contribution is 5.86. The van der Waals surface area contributed by atoms with Crippen LogP contribution in [0.4, 0.5) is 0 Å². The Bertz CT molecular complexity index is 262. The summed E-state index contributed by atoms with van der Waals surface area (Å²) in [6.45, 7) is 3.40. The molecule has 2 unspecified atom stereocenters. The van der Waals surface area contributed by atoms with Crippen LogP contribution in [0.15, 0.2) is 0 Å². The molecule has 16 heavy (non-hydrogen) atoms. The Morgan fingerprint density at radius 3 is 2.62 bits per heavy atom. The van der Waals surface area contributed by atoms with E-state index in [1.165, 1.54) is 12.8 Å². The summed E-state index contributed by atoms with van der Waals surface area (Å²) in [7, 11) is 0. The Labute approximate surface area is 96.9 Å². The highest BCUT2D eigenvalue weighted by Gasteiger charge is 2.38. The van der Waals surface area contributed by atoms with Crippen LogP contribution in [0.2, 0.25) is 0 Å². The normalized spacial score (nSPS) is 33.6. The van der Waals surface area contributed by atoms with Crippen molar-refractivity contribution in [1.82, 2.24) is 5.32 Å². The van der Waals surface area contributed by atoms with Crippen molar-refractivity contribution >= 4 is 5.91 Å². The number of hydrogen-bond donors (Lipinski definition) is 2. The van der Waals surface area contributed by atoms with E-state index >= 15 is 0 Å². The molecule has 1 aliphatic heterocycles. The van der Waals surface area contributed by atoms with Gasteiger partial charge in [-0.25, -0.2) is 0 Å². The lowest BCUT2D eigenvalue weighted by molar-refractivity contribution is -0.130. The van der Waals surface area contributed by atoms with E-state index in [4.69, 9.17) is 10.5 Å². The van der Waals surface area contributed by atoms with Crippen molar-refractivity contribution in [3.8, 4) is 0 Å². The van der Waals surface area contributed by atoms with Gasteiger partial charge in [-0.3, -0.25) is 4.79 Å². The summed E-state index contributed by atoms with van der Waals surface area (Å²) in [5.74, 6) is 0.613. The van der Waals surface area contributed by atoms with E-state index in [-0.39, 0.29) is 5.91 Å². The van der Waals surface area contributed by atoms with Gasteiger partial charge in [0, 0.05) is 19.3 Å². The number of nitrogens with two attached hydrogens (primary N) is 1. The minimum absolute atomic E-state index is 0.0227. The quantitative estimate of drug-likeness (QED) is 0.732. The van der Waals surface area contributed by atoms with Gasteiger partial charge in [0.25, 0.3) is 0 Å². The summed E-state index contributed by atoms with van der Waals surface area (Å²) in [5, 5.41) is 3.12. The molecule has 0 aromatic rings. The Morgan fingerprint density at radius 2 is 2.06 bits per heavy atom. The number of amides is 1. The van der Waals surface area contributed by atoms with Crippen LogP contribution in [0, 0.1) is 5.92 Å². The van der Waals surface area contributed by atoms with Crippen molar-refractivity contribution < 1.29 is 9.53 Å². The topological polar surface area (TPSA) is 64.4 Å². The Hall–Kier alpha value is -0.610. The maximum absolute atomic E-state index is 12.1. The molecule has 4 nitrogen and oxygen atoms in total. The van der Waals surface area contributed by atoms with Gasteiger partial charge in [-0.05, 0) is 31.6 Å². The zero-order valence-corrected chi connectivity index (χ0v) is 10.00. The Morgan fingerprint density at radius 1 is 1.38 bits per heavy atom. The molecule has 0 aromatic carbocycles. The summed E-state index contributed by atoms with van der Waals surface area (Å²) >= 11 is 0. The summed E-state index contributed by atoms with van der Waals surface area (Å²) in [5.41, 5.74) is 5.44. The number of ether oxygens (including phenoxy) is 1. The molecule has 4 heteroatoms. The lowest BCUT2D eigenvalue weighted by atomic mass is 9.89. The number of carbonyl (C=O) groups is 1. The van der Waals surface area contributed by atoms with Gasteiger partial charge in [-0.2, -0.15) is 0 Å². The second-order valence-electron chi connectivity index (χ2n) is 5.26. The molecule has 2 fully saturated rings. The molecule has 2 rings (SSSR count). The zero-order chi connectivity index (χ0) is 11.6. The molecule has 0 radical (unpaired) electrons. The van der Waals surface area contributed by atoms with Crippen LogP contribution in [0.5, 0.6) is 0 Å². The van der Waals surface area contributed by atoms with Gasteiger partial charge < -0.3 is 15.8 Å². The first-order chi connectivity index (χ1) is 7.62. The van der Waals surface area contributed by atoms with Crippen molar-refractivity contribution in [1.29, 1.82) is 0 Å². The van der Waals surface area contributed by atoms with Crippen LogP contribution in [0.1, 0.15) is 39.0 Å². The van der Waals surface area contributed by atoms with Crippen LogP contribution < -0.4 is 11.1 Å². The second kappa shape index (κ2) is 4.72. The molecule has 92 valence electrons. The predicted molar refractivity (Wildman–Crippen MR) is 61.9 cm³/mol. The molecule has 1 heterocycles.